The number of rotatable bonds is 3. The van der Waals surface area contributed by atoms with Crippen molar-refractivity contribution in [3.05, 3.63) is 34.9 Å². The van der Waals surface area contributed by atoms with Gasteiger partial charge in [0.1, 0.15) is 0 Å². The van der Waals surface area contributed by atoms with E-state index in [9.17, 15) is 9.59 Å². The van der Waals surface area contributed by atoms with Gasteiger partial charge in [-0.2, -0.15) is 0 Å². The number of nitrogens with one attached hydrogen (secondary N) is 1. The van der Waals surface area contributed by atoms with Gasteiger partial charge in [0.05, 0.1) is 19.3 Å². The number of likely N-dealkylation sites (tertiary alicyclic amines) is 1. The van der Waals surface area contributed by atoms with Crippen molar-refractivity contribution in [3.8, 4) is 0 Å². The molecule has 2 fully saturated rings. The van der Waals surface area contributed by atoms with Crippen molar-refractivity contribution in [3.63, 3.8) is 0 Å². The Morgan fingerprint density at radius 1 is 1.24 bits per heavy atom. The number of amides is 2. The summed E-state index contributed by atoms with van der Waals surface area (Å²) in [5, 5.41) is 2.72. The molecule has 1 spiro atoms. The highest BCUT2D eigenvalue weighted by atomic mass is 16.7. The third-order valence-electron chi connectivity index (χ3n) is 5.04. The van der Waals surface area contributed by atoms with E-state index in [0.717, 1.165) is 11.1 Å². The highest BCUT2D eigenvalue weighted by molar-refractivity contribution is 5.96. The van der Waals surface area contributed by atoms with Gasteiger partial charge in [-0.15, -0.1) is 0 Å². The average molecular weight is 346 g/mol. The summed E-state index contributed by atoms with van der Waals surface area (Å²) in [5.41, 5.74) is 2.78. The van der Waals surface area contributed by atoms with Gasteiger partial charge in [0.25, 0.3) is 5.91 Å². The van der Waals surface area contributed by atoms with E-state index < -0.39 is 5.79 Å². The van der Waals surface area contributed by atoms with Crippen LogP contribution in [0.2, 0.25) is 0 Å². The molecule has 6 heteroatoms. The summed E-state index contributed by atoms with van der Waals surface area (Å²) in [6, 6.07) is 5.54. The SMILES string of the molecule is Cc1ccc(C(=O)NCC(=O)N2CCC3(CC2)OC[C@H](C)O3)cc1C. The van der Waals surface area contributed by atoms with Gasteiger partial charge < -0.3 is 19.7 Å². The van der Waals surface area contributed by atoms with Crippen molar-refractivity contribution >= 4 is 11.8 Å². The second-order valence-corrected chi connectivity index (χ2v) is 7.01. The maximum absolute atomic E-state index is 12.4. The van der Waals surface area contributed by atoms with Gasteiger partial charge >= 0.3 is 0 Å². The minimum Gasteiger partial charge on any atom is -0.347 e. The third-order valence-corrected chi connectivity index (χ3v) is 5.04. The molecule has 1 atom stereocenters. The fraction of sp³-hybridized carbons (Fsp3) is 0.579. The lowest BCUT2D eigenvalue weighted by Crippen LogP contribution is -2.50. The van der Waals surface area contributed by atoms with Gasteiger partial charge in [0.2, 0.25) is 5.91 Å². The molecule has 2 heterocycles. The summed E-state index contributed by atoms with van der Waals surface area (Å²) < 4.78 is 11.6. The van der Waals surface area contributed by atoms with E-state index in [4.69, 9.17) is 9.47 Å². The van der Waals surface area contributed by atoms with Gasteiger partial charge in [0, 0.05) is 31.5 Å². The second-order valence-electron chi connectivity index (χ2n) is 7.01. The van der Waals surface area contributed by atoms with Crippen molar-refractivity contribution in [2.24, 2.45) is 0 Å². The molecule has 6 nitrogen and oxygen atoms in total. The zero-order chi connectivity index (χ0) is 18.0. The predicted octanol–water partition coefficient (Wildman–Crippen LogP) is 1.79. The summed E-state index contributed by atoms with van der Waals surface area (Å²) in [6.07, 6.45) is 1.46. The molecule has 1 aromatic rings. The summed E-state index contributed by atoms with van der Waals surface area (Å²) in [7, 11) is 0. The zero-order valence-electron chi connectivity index (χ0n) is 15.1. The molecule has 2 saturated heterocycles. The van der Waals surface area contributed by atoms with Crippen LogP contribution in [0.5, 0.6) is 0 Å². The number of aryl methyl sites for hydroxylation is 2. The Hall–Kier alpha value is -1.92. The molecule has 0 bridgehead atoms. The van der Waals surface area contributed by atoms with Gasteiger partial charge in [-0.05, 0) is 44.0 Å². The molecular formula is C19H26N2O4. The van der Waals surface area contributed by atoms with Gasteiger partial charge in [-0.1, -0.05) is 6.07 Å². The van der Waals surface area contributed by atoms with Crippen LogP contribution in [-0.4, -0.2) is 54.8 Å². The summed E-state index contributed by atoms with van der Waals surface area (Å²) in [4.78, 5) is 26.3. The fourth-order valence-electron chi connectivity index (χ4n) is 3.32. The summed E-state index contributed by atoms with van der Waals surface area (Å²) >= 11 is 0. The lowest BCUT2D eigenvalue weighted by atomic mass is 10.0. The zero-order valence-corrected chi connectivity index (χ0v) is 15.1. The van der Waals surface area contributed by atoms with Crippen LogP contribution in [0.3, 0.4) is 0 Å². The molecule has 1 aromatic carbocycles. The number of nitrogens with zero attached hydrogens (tertiary/aromatic N) is 1. The Kier molecular flexibility index (Phi) is 5.11. The first-order valence-electron chi connectivity index (χ1n) is 8.83. The number of benzene rings is 1. The Bertz CT molecular complexity index is 665. The maximum Gasteiger partial charge on any atom is 0.251 e. The molecule has 2 amide bonds. The van der Waals surface area contributed by atoms with E-state index in [1.54, 1.807) is 11.0 Å². The van der Waals surface area contributed by atoms with Crippen LogP contribution in [-0.2, 0) is 14.3 Å². The first-order valence-corrected chi connectivity index (χ1v) is 8.83. The van der Waals surface area contributed by atoms with E-state index in [1.807, 2.05) is 32.9 Å². The Morgan fingerprint density at radius 2 is 1.96 bits per heavy atom. The van der Waals surface area contributed by atoms with Crippen molar-refractivity contribution in [1.29, 1.82) is 0 Å². The van der Waals surface area contributed by atoms with Crippen LogP contribution >= 0.6 is 0 Å². The van der Waals surface area contributed by atoms with Crippen molar-refractivity contribution < 1.29 is 19.1 Å². The summed E-state index contributed by atoms with van der Waals surface area (Å²) in [6.45, 7) is 7.76. The summed E-state index contributed by atoms with van der Waals surface area (Å²) in [5.74, 6) is -0.807. The van der Waals surface area contributed by atoms with Crippen LogP contribution in [0.4, 0.5) is 0 Å². The van der Waals surface area contributed by atoms with Gasteiger partial charge in [-0.25, -0.2) is 0 Å². The van der Waals surface area contributed by atoms with E-state index in [2.05, 4.69) is 5.32 Å². The number of carbonyl (C=O) groups is 2. The van der Waals surface area contributed by atoms with Gasteiger partial charge in [-0.3, -0.25) is 9.59 Å². The average Bonchev–Trinajstić information content (AvgIpc) is 2.96. The molecular weight excluding hydrogens is 320 g/mol. The Balaban J connectivity index is 1.48. The first kappa shape index (κ1) is 17.9. The maximum atomic E-state index is 12.4. The van der Waals surface area contributed by atoms with Crippen LogP contribution in [0.1, 0.15) is 41.3 Å². The van der Waals surface area contributed by atoms with Crippen molar-refractivity contribution in [2.45, 2.75) is 45.5 Å². The lowest BCUT2D eigenvalue weighted by Gasteiger charge is -2.37. The van der Waals surface area contributed by atoms with Crippen molar-refractivity contribution in [1.82, 2.24) is 10.2 Å². The number of hydrogen-bond acceptors (Lipinski definition) is 4. The molecule has 0 aliphatic carbocycles. The van der Waals surface area contributed by atoms with Crippen LogP contribution in [0.15, 0.2) is 18.2 Å². The van der Waals surface area contributed by atoms with Gasteiger partial charge in [0.15, 0.2) is 5.79 Å². The molecule has 0 radical (unpaired) electrons. The molecule has 25 heavy (non-hydrogen) atoms. The Labute approximate surface area is 148 Å². The number of ether oxygens (including phenoxy) is 2. The van der Waals surface area contributed by atoms with Crippen LogP contribution < -0.4 is 5.32 Å². The van der Waals surface area contributed by atoms with E-state index >= 15 is 0 Å². The van der Waals surface area contributed by atoms with Crippen LogP contribution in [0, 0.1) is 13.8 Å². The highest BCUT2D eigenvalue weighted by Crippen LogP contribution is 2.33. The normalized spacial score (nSPS) is 22.2. The minimum atomic E-state index is -0.515. The molecule has 136 valence electrons. The Morgan fingerprint density at radius 3 is 2.56 bits per heavy atom. The van der Waals surface area contributed by atoms with E-state index in [0.29, 0.717) is 38.1 Å². The second kappa shape index (κ2) is 7.14. The highest BCUT2D eigenvalue weighted by Gasteiger charge is 2.43. The number of piperidine rings is 1. The minimum absolute atomic E-state index is 0.0108. The molecule has 0 unspecified atom stereocenters. The molecule has 2 aliphatic heterocycles. The van der Waals surface area contributed by atoms with Crippen molar-refractivity contribution in [2.75, 3.05) is 26.2 Å². The lowest BCUT2D eigenvalue weighted by molar-refractivity contribution is -0.194. The first-order chi connectivity index (χ1) is 11.9. The van der Waals surface area contributed by atoms with E-state index in [1.165, 1.54) is 0 Å². The number of hydrogen-bond donors (Lipinski definition) is 1. The quantitative estimate of drug-likeness (QED) is 0.906. The topological polar surface area (TPSA) is 67.9 Å². The fourth-order valence-corrected chi connectivity index (χ4v) is 3.32. The largest absolute Gasteiger partial charge is 0.347 e. The third kappa shape index (κ3) is 4.02. The standard InChI is InChI=1S/C19H26N2O4/c1-13-4-5-16(10-14(13)2)18(23)20-11-17(22)21-8-6-19(7-9-21)24-12-15(3)25-19/h4-5,10,15H,6-9,11-12H2,1-3H3,(H,20,23)/t15-/m0/s1. The molecule has 0 aromatic heterocycles. The molecule has 1 N–H and O–H groups in total. The smallest absolute Gasteiger partial charge is 0.251 e. The monoisotopic (exact) mass is 346 g/mol. The number of carbonyl (C=O) groups excluding carboxylic acids is 2. The predicted molar refractivity (Wildman–Crippen MR) is 93.3 cm³/mol. The molecule has 0 saturated carbocycles. The molecule has 2 aliphatic rings. The molecule has 3 rings (SSSR count). The van der Waals surface area contributed by atoms with E-state index in [-0.39, 0.29) is 24.5 Å². The van der Waals surface area contributed by atoms with Crippen LogP contribution in [0.25, 0.3) is 0 Å².